The van der Waals surface area contributed by atoms with Gasteiger partial charge in [-0.2, -0.15) is 0 Å². The third-order valence-electron chi connectivity index (χ3n) is 5.57. The third-order valence-corrected chi connectivity index (χ3v) is 7.96. The van der Waals surface area contributed by atoms with E-state index >= 15 is 0 Å². The molecule has 2 aromatic heterocycles. The van der Waals surface area contributed by atoms with E-state index in [9.17, 15) is 22.7 Å². The van der Waals surface area contributed by atoms with Crippen molar-refractivity contribution in [1.82, 2.24) is 14.9 Å². The van der Waals surface area contributed by atoms with Crippen LogP contribution in [0.5, 0.6) is 0 Å². The number of carbonyl (C=O) groups is 1. The summed E-state index contributed by atoms with van der Waals surface area (Å²) in [4.78, 5) is 21.6. The summed E-state index contributed by atoms with van der Waals surface area (Å²) in [6.45, 7) is 8.37. The predicted molar refractivity (Wildman–Crippen MR) is 134 cm³/mol. The van der Waals surface area contributed by atoms with E-state index in [4.69, 9.17) is 0 Å². The molecule has 0 aliphatic rings. The molecule has 35 heavy (non-hydrogen) atoms. The Labute approximate surface area is 208 Å². The minimum Gasteiger partial charge on any atom is -0.464 e. The SMILES string of the molecule is Cc1nc(NCc2c(F)cccc2CN(C)C(C)(C)C)ccc1S(=O)(=O)N(C(=O)O)c1cscn1. The number of amides is 1. The second-order valence-corrected chi connectivity index (χ2v) is 11.4. The molecular weight excluding hydrogens is 493 g/mol. The van der Waals surface area contributed by atoms with Crippen LogP contribution in [-0.4, -0.2) is 47.1 Å². The molecule has 3 aromatic rings. The summed E-state index contributed by atoms with van der Waals surface area (Å²) in [5.41, 5.74) is 2.65. The zero-order valence-corrected chi connectivity index (χ0v) is 21.7. The number of rotatable bonds is 8. The van der Waals surface area contributed by atoms with Crippen molar-refractivity contribution in [2.45, 2.75) is 51.2 Å². The van der Waals surface area contributed by atoms with Gasteiger partial charge in [-0.3, -0.25) is 4.90 Å². The van der Waals surface area contributed by atoms with Gasteiger partial charge in [-0.1, -0.05) is 12.1 Å². The first-order chi connectivity index (χ1) is 16.3. The van der Waals surface area contributed by atoms with Gasteiger partial charge in [-0.15, -0.1) is 15.6 Å². The van der Waals surface area contributed by atoms with Crippen LogP contribution in [-0.2, 0) is 23.1 Å². The number of hydrogen-bond acceptors (Lipinski definition) is 8. The number of halogens is 1. The molecule has 0 aliphatic heterocycles. The zero-order valence-electron chi connectivity index (χ0n) is 20.1. The lowest BCUT2D eigenvalue weighted by atomic mass is 10.0. The quantitative estimate of drug-likeness (QED) is 0.438. The largest absolute Gasteiger partial charge is 0.464 e. The molecule has 1 amide bonds. The summed E-state index contributed by atoms with van der Waals surface area (Å²) >= 11 is 1.07. The van der Waals surface area contributed by atoms with Crippen LogP contribution in [0.25, 0.3) is 0 Å². The van der Waals surface area contributed by atoms with E-state index in [2.05, 4.69) is 41.0 Å². The first kappa shape index (κ1) is 26.5. The average Bonchev–Trinajstić information content (AvgIpc) is 3.26. The van der Waals surface area contributed by atoms with E-state index in [0.717, 1.165) is 16.9 Å². The Morgan fingerprint density at radius 2 is 1.94 bits per heavy atom. The smallest absolute Gasteiger partial charge is 0.427 e. The van der Waals surface area contributed by atoms with Crippen molar-refractivity contribution in [3.63, 3.8) is 0 Å². The molecule has 188 valence electrons. The minimum atomic E-state index is -4.46. The highest BCUT2D eigenvalue weighted by atomic mass is 32.2. The molecule has 0 aliphatic carbocycles. The molecule has 1 aromatic carbocycles. The van der Waals surface area contributed by atoms with Crippen LogP contribution in [0.15, 0.2) is 46.1 Å². The van der Waals surface area contributed by atoms with Gasteiger partial charge in [0.2, 0.25) is 0 Å². The summed E-state index contributed by atoms with van der Waals surface area (Å²) in [7, 11) is -2.49. The number of aryl methyl sites for hydroxylation is 1. The van der Waals surface area contributed by atoms with E-state index < -0.39 is 16.1 Å². The van der Waals surface area contributed by atoms with Crippen LogP contribution in [0.3, 0.4) is 0 Å². The van der Waals surface area contributed by atoms with Crippen LogP contribution in [0.1, 0.15) is 37.6 Å². The number of sulfonamides is 1. The van der Waals surface area contributed by atoms with E-state index in [0.29, 0.717) is 17.9 Å². The van der Waals surface area contributed by atoms with Crippen molar-refractivity contribution in [3.8, 4) is 0 Å². The standard InChI is InChI=1S/C23H28FN5O4S2/c1-15-19(35(32,33)29(22(30)31)21-13-34-14-26-21)9-10-20(27-15)25-11-17-16(7-6-8-18(17)24)12-28(5)23(2,3)4/h6-10,13-14H,11-12H2,1-5H3,(H,25,27)(H,30,31). The van der Waals surface area contributed by atoms with Gasteiger partial charge in [0.15, 0.2) is 5.82 Å². The van der Waals surface area contributed by atoms with Gasteiger partial charge in [0, 0.05) is 29.6 Å². The average molecular weight is 522 g/mol. The highest BCUT2D eigenvalue weighted by Gasteiger charge is 2.34. The highest BCUT2D eigenvalue weighted by molar-refractivity contribution is 7.93. The van der Waals surface area contributed by atoms with Crippen LogP contribution < -0.4 is 9.62 Å². The first-order valence-electron chi connectivity index (χ1n) is 10.7. The molecule has 0 bridgehead atoms. The highest BCUT2D eigenvalue weighted by Crippen LogP contribution is 2.27. The molecule has 12 heteroatoms. The van der Waals surface area contributed by atoms with Gasteiger partial charge in [-0.05, 0) is 58.5 Å². The molecule has 2 N–H and O–H groups in total. The lowest BCUT2D eigenvalue weighted by molar-refractivity contribution is 0.167. The summed E-state index contributed by atoms with van der Waals surface area (Å²) in [6, 6.07) is 7.63. The summed E-state index contributed by atoms with van der Waals surface area (Å²) in [5, 5.41) is 13.9. The Bertz CT molecular complexity index is 1310. The van der Waals surface area contributed by atoms with Crippen LogP contribution >= 0.6 is 11.3 Å². The monoisotopic (exact) mass is 521 g/mol. The normalized spacial score (nSPS) is 12.1. The lowest BCUT2D eigenvalue weighted by Crippen LogP contribution is -2.37. The molecule has 0 spiro atoms. The van der Waals surface area contributed by atoms with Crippen molar-refractivity contribution in [1.29, 1.82) is 0 Å². The van der Waals surface area contributed by atoms with Crippen molar-refractivity contribution in [2.75, 3.05) is 16.7 Å². The fourth-order valence-corrected chi connectivity index (χ4v) is 5.26. The molecule has 0 radical (unpaired) electrons. The summed E-state index contributed by atoms with van der Waals surface area (Å²) in [5.74, 6) is -0.236. The Morgan fingerprint density at radius 1 is 1.23 bits per heavy atom. The number of nitrogens with one attached hydrogen (secondary N) is 1. The zero-order chi connectivity index (χ0) is 26.0. The third kappa shape index (κ3) is 5.95. The number of hydrogen-bond donors (Lipinski definition) is 2. The molecule has 3 rings (SSSR count). The maximum atomic E-state index is 14.7. The second-order valence-electron chi connectivity index (χ2n) is 8.94. The lowest BCUT2D eigenvalue weighted by Gasteiger charge is -2.32. The number of benzene rings is 1. The number of thiazole rings is 1. The van der Waals surface area contributed by atoms with Gasteiger partial charge < -0.3 is 10.4 Å². The maximum absolute atomic E-state index is 14.7. The number of nitrogens with zero attached hydrogens (tertiary/aromatic N) is 4. The second kappa shape index (κ2) is 10.3. The number of carboxylic acid groups (broad SMARTS) is 1. The fraction of sp³-hybridized carbons (Fsp3) is 0.348. The molecule has 0 atom stereocenters. The van der Waals surface area contributed by atoms with Gasteiger partial charge in [0.1, 0.15) is 16.5 Å². The molecule has 0 saturated heterocycles. The van der Waals surface area contributed by atoms with Crippen molar-refractivity contribution < 1.29 is 22.7 Å². The Hall–Kier alpha value is -3.09. The van der Waals surface area contributed by atoms with Crippen LogP contribution in [0.4, 0.5) is 20.8 Å². The predicted octanol–water partition coefficient (Wildman–Crippen LogP) is 4.70. The number of anilines is 2. The Morgan fingerprint density at radius 3 is 2.51 bits per heavy atom. The first-order valence-corrected chi connectivity index (χ1v) is 13.1. The van der Waals surface area contributed by atoms with E-state index in [1.807, 2.05) is 13.1 Å². The Balaban J connectivity index is 1.84. The van der Waals surface area contributed by atoms with Crippen LogP contribution in [0.2, 0.25) is 0 Å². The van der Waals surface area contributed by atoms with Crippen molar-refractivity contribution in [2.24, 2.45) is 0 Å². The van der Waals surface area contributed by atoms with Gasteiger partial charge in [0.25, 0.3) is 10.0 Å². The topological polar surface area (TPSA) is 116 Å². The molecule has 0 fully saturated rings. The van der Waals surface area contributed by atoms with Gasteiger partial charge >= 0.3 is 6.09 Å². The number of aromatic nitrogens is 2. The maximum Gasteiger partial charge on any atom is 0.427 e. The van der Waals surface area contributed by atoms with Crippen molar-refractivity contribution >= 4 is 39.1 Å². The summed E-state index contributed by atoms with van der Waals surface area (Å²) < 4.78 is 41.0. The van der Waals surface area contributed by atoms with Gasteiger partial charge in [-0.25, -0.2) is 27.6 Å². The Kier molecular flexibility index (Phi) is 7.77. The molecule has 0 saturated carbocycles. The van der Waals surface area contributed by atoms with E-state index in [-0.39, 0.29) is 38.6 Å². The molecule has 0 unspecified atom stereocenters. The van der Waals surface area contributed by atoms with Crippen molar-refractivity contribution in [3.05, 3.63) is 63.9 Å². The fourth-order valence-electron chi connectivity index (χ4n) is 3.27. The number of pyridine rings is 1. The minimum absolute atomic E-state index is 0.0951. The van der Waals surface area contributed by atoms with Gasteiger partial charge in [0.05, 0.1) is 11.2 Å². The van der Waals surface area contributed by atoms with E-state index in [1.165, 1.54) is 36.0 Å². The summed E-state index contributed by atoms with van der Waals surface area (Å²) in [6.07, 6.45) is -1.68. The molecular formula is C23H28FN5O4S2. The molecule has 9 nitrogen and oxygen atoms in total. The molecule has 2 heterocycles. The van der Waals surface area contributed by atoms with E-state index in [1.54, 1.807) is 6.07 Å². The van der Waals surface area contributed by atoms with Crippen LogP contribution in [0, 0.1) is 12.7 Å².